The molecule has 1 aromatic heterocycles. The van der Waals surface area contributed by atoms with Crippen molar-refractivity contribution in [1.82, 2.24) is 9.78 Å². The lowest BCUT2D eigenvalue weighted by molar-refractivity contribution is -0.269. The topological polar surface area (TPSA) is 43.8 Å². The van der Waals surface area contributed by atoms with E-state index in [1.165, 1.54) is 6.92 Å². The van der Waals surface area contributed by atoms with Crippen molar-refractivity contribution in [2.24, 2.45) is 0 Å². The summed E-state index contributed by atoms with van der Waals surface area (Å²) >= 11 is 0. The Kier molecular flexibility index (Phi) is 3.30. The van der Waals surface area contributed by atoms with Crippen LogP contribution in [0.1, 0.15) is 5.69 Å². The maximum Gasteiger partial charge on any atom is 0.371 e. The summed E-state index contributed by atoms with van der Waals surface area (Å²) < 4.78 is 75.0. The first kappa shape index (κ1) is 13.7. The highest BCUT2D eigenvalue weighted by atomic mass is 19.3. The van der Waals surface area contributed by atoms with Crippen LogP contribution in [-0.4, -0.2) is 28.1 Å². The highest BCUT2D eigenvalue weighted by Crippen LogP contribution is 2.40. The lowest BCUT2D eigenvalue weighted by Gasteiger charge is -2.25. The number of aromatic nitrogens is 2. The molecule has 0 spiro atoms. The molecule has 1 heterocycles. The molecule has 9 heteroatoms. The van der Waals surface area contributed by atoms with Gasteiger partial charge in [-0.15, -0.1) is 0 Å². The van der Waals surface area contributed by atoms with Gasteiger partial charge in [-0.1, -0.05) is 0 Å². The number of hydrogen-bond donors (Lipinski definition) is 1. The fraction of sp³-hybridized carbons (Fsp3) is 0.625. The Bertz CT molecular complexity index is 380. The maximum atomic E-state index is 12.9. The monoisotopic (exact) mass is 261 g/mol. The number of nitrogens with two attached hydrogens (primary N) is 1. The molecule has 0 aromatic carbocycles. The third-order valence-electron chi connectivity index (χ3n) is 2.11. The van der Waals surface area contributed by atoms with Gasteiger partial charge in [-0.3, -0.25) is 4.68 Å². The summed E-state index contributed by atoms with van der Waals surface area (Å²) in [4.78, 5) is 0. The van der Waals surface area contributed by atoms with E-state index in [9.17, 15) is 26.3 Å². The van der Waals surface area contributed by atoms with Crippen LogP contribution in [0.5, 0.6) is 0 Å². The van der Waals surface area contributed by atoms with E-state index in [0.717, 1.165) is 6.20 Å². The van der Waals surface area contributed by atoms with Crippen molar-refractivity contribution in [3.63, 3.8) is 0 Å². The van der Waals surface area contributed by atoms with E-state index < -0.39 is 24.8 Å². The Labute approximate surface area is 92.2 Å². The number of halogens is 6. The van der Waals surface area contributed by atoms with Crippen LogP contribution >= 0.6 is 0 Å². The summed E-state index contributed by atoms with van der Waals surface area (Å²) in [5.41, 5.74) is 5.43. The zero-order valence-electron chi connectivity index (χ0n) is 8.60. The van der Waals surface area contributed by atoms with E-state index >= 15 is 0 Å². The van der Waals surface area contributed by atoms with Gasteiger partial charge in [0.1, 0.15) is 6.54 Å². The Morgan fingerprint density at radius 3 is 2.24 bits per heavy atom. The predicted molar refractivity (Wildman–Crippen MR) is 47.3 cm³/mol. The summed E-state index contributed by atoms with van der Waals surface area (Å²) in [5, 5.41) is 3.40. The molecule has 0 fully saturated rings. The van der Waals surface area contributed by atoms with Crippen molar-refractivity contribution in [2.45, 2.75) is 31.7 Å². The summed E-state index contributed by atoms with van der Waals surface area (Å²) in [6, 6.07) is 0. The number of nitrogens with zero attached hydrogens (tertiary/aromatic N) is 2. The number of aryl methyl sites for hydroxylation is 1. The number of hydrogen-bond acceptors (Lipinski definition) is 2. The van der Waals surface area contributed by atoms with Crippen molar-refractivity contribution >= 4 is 5.69 Å². The standard InChI is InChI=1S/C8H9F6N3/c1-4-5(15)2-17(16-4)3-7(11,12)8(13,14)6(9)10/h2,6H,3,15H2,1H3. The van der Waals surface area contributed by atoms with Gasteiger partial charge in [0.05, 0.1) is 11.4 Å². The molecule has 1 aromatic rings. The lowest BCUT2D eigenvalue weighted by atomic mass is 10.2. The molecule has 0 unspecified atom stereocenters. The fourth-order valence-electron chi connectivity index (χ4n) is 1.08. The lowest BCUT2D eigenvalue weighted by Crippen LogP contribution is -2.49. The van der Waals surface area contributed by atoms with E-state index in [-0.39, 0.29) is 11.4 Å². The number of nitrogen functional groups attached to an aromatic ring is 1. The summed E-state index contributed by atoms with van der Waals surface area (Å²) in [7, 11) is 0. The van der Waals surface area contributed by atoms with E-state index in [4.69, 9.17) is 5.73 Å². The van der Waals surface area contributed by atoms with Crippen molar-refractivity contribution in [3.05, 3.63) is 11.9 Å². The number of rotatable bonds is 4. The molecule has 0 aliphatic carbocycles. The van der Waals surface area contributed by atoms with E-state index in [2.05, 4.69) is 5.10 Å². The highest BCUT2D eigenvalue weighted by Gasteiger charge is 2.63. The van der Waals surface area contributed by atoms with Crippen LogP contribution < -0.4 is 5.73 Å². The van der Waals surface area contributed by atoms with Crippen LogP contribution in [0.25, 0.3) is 0 Å². The second kappa shape index (κ2) is 4.11. The van der Waals surface area contributed by atoms with E-state index in [1.54, 1.807) is 0 Å². The van der Waals surface area contributed by atoms with Crippen LogP contribution in [0, 0.1) is 6.92 Å². The number of alkyl halides is 6. The second-order valence-corrected chi connectivity index (χ2v) is 3.50. The molecule has 0 saturated heterocycles. The van der Waals surface area contributed by atoms with Crippen molar-refractivity contribution in [1.29, 1.82) is 0 Å². The SMILES string of the molecule is Cc1nn(CC(F)(F)C(F)(F)C(F)F)cc1N. The molecule has 98 valence electrons. The predicted octanol–water partition coefficient (Wildman–Crippen LogP) is 2.31. The second-order valence-electron chi connectivity index (χ2n) is 3.50. The zero-order valence-corrected chi connectivity index (χ0v) is 8.60. The molecule has 2 N–H and O–H groups in total. The average molecular weight is 261 g/mol. The van der Waals surface area contributed by atoms with Gasteiger partial charge in [-0.2, -0.15) is 22.7 Å². The minimum atomic E-state index is -5.42. The van der Waals surface area contributed by atoms with Crippen LogP contribution in [-0.2, 0) is 6.54 Å². The normalized spacial score (nSPS) is 13.4. The molecule has 0 radical (unpaired) electrons. The molecule has 0 saturated carbocycles. The zero-order chi connectivity index (χ0) is 13.4. The van der Waals surface area contributed by atoms with Gasteiger partial charge in [0.2, 0.25) is 0 Å². The molecule has 17 heavy (non-hydrogen) atoms. The average Bonchev–Trinajstić information content (AvgIpc) is 2.44. The Morgan fingerprint density at radius 2 is 1.88 bits per heavy atom. The third kappa shape index (κ3) is 2.47. The van der Waals surface area contributed by atoms with Crippen LogP contribution in [0.3, 0.4) is 0 Å². The first-order valence-corrected chi connectivity index (χ1v) is 4.41. The minimum Gasteiger partial charge on any atom is -0.396 e. The van der Waals surface area contributed by atoms with E-state index in [1.807, 2.05) is 0 Å². The van der Waals surface area contributed by atoms with Crippen molar-refractivity contribution < 1.29 is 26.3 Å². The largest absolute Gasteiger partial charge is 0.396 e. The first-order valence-electron chi connectivity index (χ1n) is 4.41. The molecule has 0 bridgehead atoms. The Morgan fingerprint density at radius 1 is 1.35 bits per heavy atom. The van der Waals surface area contributed by atoms with Crippen molar-refractivity contribution in [2.75, 3.05) is 5.73 Å². The third-order valence-corrected chi connectivity index (χ3v) is 2.11. The van der Waals surface area contributed by atoms with Crippen LogP contribution in [0.15, 0.2) is 6.20 Å². The smallest absolute Gasteiger partial charge is 0.371 e. The van der Waals surface area contributed by atoms with Gasteiger partial charge in [-0.25, -0.2) is 8.78 Å². The molecule has 0 atom stereocenters. The Hall–Kier alpha value is -1.41. The van der Waals surface area contributed by atoms with Crippen LogP contribution in [0.2, 0.25) is 0 Å². The summed E-state index contributed by atoms with van der Waals surface area (Å²) in [5.74, 6) is -10.3. The quantitative estimate of drug-likeness (QED) is 0.845. The fourth-order valence-corrected chi connectivity index (χ4v) is 1.08. The van der Waals surface area contributed by atoms with Gasteiger partial charge in [0.25, 0.3) is 0 Å². The molecule has 0 amide bonds. The molecule has 3 nitrogen and oxygen atoms in total. The highest BCUT2D eigenvalue weighted by molar-refractivity contribution is 5.39. The van der Waals surface area contributed by atoms with E-state index in [0.29, 0.717) is 4.68 Å². The molecular formula is C8H9F6N3. The molecule has 1 rings (SSSR count). The van der Waals surface area contributed by atoms with Gasteiger partial charge in [-0.05, 0) is 6.92 Å². The van der Waals surface area contributed by atoms with Gasteiger partial charge >= 0.3 is 18.3 Å². The van der Waals surface area contributed by atoms with Gasteiger partial charge in [0.15, 0.2) is 0 Å². The van der Waals surface area contributed by atoms with Gasteiger partial charge < -0.3 is 5.73 Å². The summed E-state index contributed by atoms with van der Waals surface area (Å²) in [6.45, 7) is -0.294. The number of anilines is 1. The minimum absolute atomic E-state index is 0.0150. The molecule has 0 aliphatic heterocycles. The maximum absolute atomic E-state index is 12.9. The van der Waals surface area contributed by atoms with Crippen molar-refractivity contribution in [3.8, 4) is 0 Å². The Balaban J connectivity index is 2.93. The van der Waals surface area contributed by atoms with Crippen LogP contribution in [0.4, 0.5) is 32.0 Å². The molecule has 0 aliphatic rings. The molecular weight excluding hydrogens is 252 g/mol. The first-order chi connectivity index (χ1) is 7.58. The van der Waals surface area contributed by atoms with Gasteiger partial charge in [0, 0.05) is 6.20 Å². The summed E-state index contributed by atoms with van der Waals surface area (Å²) in [6.07, 6.45) is -3.57.